The van der Waals surface area contributed by atoms with E-state index < -0.39 is 4.92 Å². The summed E-state index contributed by atoms with van der Waals surface area (Å²) in [5.74, 6) is -0.189. The molecule has 128 valence electrons. The summed E-state index contributed by atoms with van der Waals surface area (Å²) in [7, 11) is 0. The zero-order chi connectivity index (χ0) is 18.3. The number of benzene rings is 1. The summed E-state index contributed by atoms with van der Waals surface area (Å²) in [6.45, 7) is 5.76. The second kappa shape index (κ2) is 6.45. The number of amides is 1. The molecule has 1 N–H and O–H groups in total. The molecular formula is C17H15N3O3S2. The van der Waals surface area contributed by atoms with Crippen LogP contribution in [0.15, 0.2) is 29.2 Å². The highest BCUT2D eigenvalue weighted by atomic mass is 32.2. The summed E-state index contributed by atoms with van der Waals surface area (Å²) < 4.78 is 2.48. The third kappa shape index (κ3) is 3.22. The molecule has 1 aromatic heterocycles. The first-order valence-corrected chi connectivity index (χ1v) is 8.69. The van der Waals surface area contributed by atoms with E-state index in [1.807, 2.05) is 37.5 Å². The minimum Gasteiger partial charge on any atom is -0.318 e. The number of carbonyl (C=O) groups is 1. The lowest BCUT2D eigenvalue weighted by molar-refractivity contribution is -0.384. The van der Waals surface area contributed by atoms with Crippen molar-refractivity contribution in [2.45, 2.75) is 20.8 Å². The molecule has 6 nitrogen and oxygen atoms in total. The topological polar surface area (TPSA) is 77.2 Å². The van der Waals surface area contributed by atoms with Crippen molar-refractivity contribution < 1.29 is 9.72 Å². The predicted octanol–water partition coefficient (Wildman–Crippen LogP) is 3.80. The Kier molecular flexibility index (Phi) is 4.49. The zero-order valence-electron chi connectivity index (χ0n) is 13.8. The molecule has 0 atom stereocenters. The Morgan fingerprint density at radius 3 is 2.56 bits per heavy atom. The van der Waals surface area contributed by atoms with Crippen LogP contribution in [0.5, 0.6) is 0 Å². The fraction of sp³-hybridized carbons (Fsp3) is 0.176. The number of nitro benzene ring substituents is 1. The van der Waals surface area contributed by atoms with Crippen LogP contribution in [0.4, 0.5) is 5.69 Å². The van der Waals surface area contributed by atoms with Gasteiger partial charge in [-0.15, -0.1) is 0 Å². The molecule has 2 heterocycles. The summed E-state index contributed by atoms with van der Waals surface area (Å²) in [6, 6.07) is 6.79. The van der Waals surface area contributed by atoms with E-state index in [1.54, 1.807) is 12.1 Å². The van der Waals surface area contributed by atoms with Gasteiger partial charge in [0.15, 0.2) is 0 Å². The maximum absolute atomic E-state index is 11.9. The molecule has 8 heteroatoms. The molecular weight excluding hydrogens is 358 g/mol. The number of carbonyl (C=O) groups excluding carboxylic acids is 1. The second-order valence-electron chi connectivity index (χ2n) is 5.74. The molecule has 0 radical (unpaired) electrons. The summed E-state index contributed by atoms with van der Waals surface area (Å²) in [4.78, 5) is 22.9. The van der Waals surface area contributed by atoms with Crippen LogP contribution >= 0.6 is 24.0 Å². The number of aryl methyl sites for hydroxylation is 2. The third-order valence-corrected chi connectivity index (χ3v) is 5.19. The summed E-state index contributed by atoms with van der Waals surface area (Å²) in [5.41, 5.74) is 4.60. The first-order valence-electron chi connectivity index (χ1n) is 7.47. The molecule has 0 aliphatic carbocycles. The average molecular weight is 373 g/mol. The number of nitrogens with zero attached hydrogens (tertiary/aromatic N) is 2. The molecule has 0 spiro atoms. The van der Waals surface area contributed by atoms with Gasteiger partial charge in [-0.05, 0) is 50.1 Å². The van der Waals surface area contributed by atoms with E-state index >= 15 is 0 Å². The van der Waals surface area contributed by atoms with Gasteiger partial charge in [0.05, 0.1) is 9.83 Å². The molecule has 0 saturated carbocycles. The quantitative estimate of drug-likeness (QED) is 0.383. The van der Waals surface area contributed by atoms with Gasteiger partial charge in [-0.1, -0.05) is 24.0 Å². The van der Waals surface area contributed by atoms with Gasteiger partial charge in [-0.25, -0.2) is 0 Å². The van der Waals surface area contributed by atoms with Crippen molar-refractivity contribution in [3.05, 3.63) is 61.8 Å². The van der Waals surface area contributed by atoms with Crippen molar-refractivity contribution in [1.82, 2.24) is 9.88 Å². The Bertz CT molecular complexity index is 960. The molecule has 1 saturated heterocycles. The highest BCUT2D eigenvalue weighted by molar-refractivity contribution is 8.26. The molecule has 0 bridgehead atoms. The van der Waals surface area contributed by atoms with Crippen LogP contribution in [-0.4, -0.2) is 19.7 Å². The predicted molar refractivity (Wildman–Crippen MR) is 103 cm³/mol. The molecule has 0 unspecified atom stereocenters. The monoisotopic (exact) mass is 373 g/mol. The highest BCUT2D eigenvalue weighted by Crippen LogP contribution is 2.30. The number of nitrogens with one attached hydrogen (secondary N) is 1. The van der Waals surface area contributed by atoms with E-state index in [9.17, 15) is 14.9 Å². The number of thioether (sulfide) groups is 1. The maximum Gasteiger partial charge on any atom is 0.269 e. The molecule has 1 aliphatic rings. The SMILES string of the molecule is Cc1cc([N+](=O)[O-])ccc1-n1c(C)cc(/C=C2\SC(=S)NC2=O)c1C. The molecule has 1 amide bonds. The van der Waals surface area contributed by atoms with E-state index in [-0.39, 0.29) is 11.6 Å². The number of hydrogen-bond acceptors (Lipinski definition) is 5. The zero-order valence-corrected chi connectivity index (χ0v) is 15.5. The smallest absolute Gasteiger partial charge is 0.269 e. The minimum atomic E-state index is -0.402. The van der Waals surface area contributed by atoms with E-state index in [2.05, 4.69) is 5.32 Å². The summed E-state index contributed by atoms with van der Waals surface area (Å²) >= 11 is 6.25. The van der Waals surface area contributed by atoms with Crippen LogP contribution in [0.25, 0.3) is 11.8 Å². The molecule has 1 aromatic carbocycles. The van der Waals surface area contributed by atoms with Crippen molar-refractivity contribution in [3.63, 3.8) is 0 Å². The number of aromatic nitrogens is 1. The minimum absolute atomic E-state index is 0.0681. The molecule has 2 aromatic rings. The third-order valence-electron chi connectivity index (χ3n) is 4.03. The molecule has 3 rings (SSSR count). The van der Waals surface area contributed by atoms with Crippen LogP contribution in [0.2, 0.25) is 0 Å². The van der Waals surface area contributed by atoms with Crippen molar-refractivity contribution in [2.75, 3.05) is 0 Å². The van der Waals surface area contributed by atoms with Gasteiger partial charge >= 0.3 is 0 Å². The van der Waals surface area contributed by atoms with E-state index in [1.165, 1.54) is 17.8 Å². The van der Waals surface area contributed by atoms with E-state index in [4.69, 9.17) is 12.2 Å². The van der Waals surface area contributed by atoms with Crippen LogP contribution < -0.4 is 5.32 Å². The van der Waals surface area contributed by atoms with Crippen LogP contribution in [0, 0.1) is 30.9 Å². The fourth-order valence-corrected chi connectivity index (χ4v) is 3.91. The van der Waals surface area contributed by atoms with Crippen LogP contribution in [0.1, 0.15) is 22.5 Å². The Hall–Kier alpha value is -2.45. The van der Waals surface area contributed by atoms with Gasteiger partial charge in [-0.3, -0.25) is 14.9 Å². The first kappa shape index (κ1) is 17.4. The van der Waals surface area contributed by atoms with Crippen molar-refractivity contribution in [2.24, 2.45) is 0 Å². The lowest BCUT2D eigenvalue weighted by Crippen LogP contribution is -2.17. The van der Waals surface area contributed by atoms with E-state index in [0.717, 1.165) is 28.2 Å². The second-order valence-corrected chi connectivity index (χ2v) is 7.46. The highest BCUT2D eigenvalue weighted by Gasteiger charge is 2.23. The summed E-state index contributed by atoms with van der Waals surface area (Å²) in [5, 5.41) is 13.5. The average Bonchev–Trinajstić information content (AvgIpc) is 2.99. The standard InChI is InChI=1S/C17H15N3O3S2/c1-9-6-13(20(22)23)4-5-14(9)19-10(2)7-12(11(19)3)8-15-16(21)18-17(24)25-15/h4-8H,1-3H3,(H,18,21,24)/b15-8-. The first-order chi connectivity index (χ1) is 11.8. The van der Waals surface area contributed by atoms with Crippen molar-refractivity contribution in [3.8, 4) is 5.69 Å². The Labute approximate surface area is 154 Å². The van der Waals surface area contributed by atoms with Crippen LogP contribution in [0.3, 0.4) is 0 Å². The lowest BCUT2D eigenvalue weighted by atomic mass is 10.1. The number of non-ortho nitro benzene ring substituents is 1. The van der Waals surface area contributed by atoms with Gasteiger partial charge in [0, 0.05) is 29.2 Å². The Morgan fingerprint density at radius 2 is 2.00 bits per heavy atom. The molecule has 1 aliphatic heterocycles. The molecule has 25 heavy (non-hydrogen) atoms. The van der Waals surface area contributed by atoms with Crippen molar-refractivity contribution in [1.29, 1.82) is 0 Å². The van der Waals surface area contributed by atoms with Crippen LogP contribution in [-0.2, 0) is 4.79 Å². The number of hydrogen-bond donors (Lipinski definition) is 1. The Morgan fingerprint density at radius 1 is 1.28 bits per heavy atom. The van der Waals surface area contributed by atoms with Gasteiger partial charge in [0.1, 0.15) is 4.32 Å². The lowest BCUT2D eigenvalue weighted by Gasteiger charge is -2.12. The van der Waals surface area contributed by atoms with E-state index in [0.29, 0.717) is 9.23 Å². The molecule has 1 fully saturated rings. The number of rotatable bonds is 3. The fourth-order valence-electron chi connectivity index (χ4n) is 2.87. The largest absolute Gasteiger partial charge is 0.318 e. The summed E-state index contributed by atoms with van der Waals surface area (Å²) in [6.07, 6.45) is 1.82. The van der Waals surface area contributed by atoms with Gasteiger partial charge in [0.2, 0.25) is 0 Å². The number of thiocarbonyl (C=S) groups is 1. The maximum atomic E-state index is 11.9. The van der Waals surface area contributed by atoms with Gasteiger partial charge in [-0.2, -0.15) is 0 Å². The van der Waals surface area contributed by atoms with Gasteiger partial charge in [0.25, 0.3) is 11.6 Å². The number of nitro groups is 1. The Balaban J connectivity index is 2.07. The van der Waals surface area contributed by atoms with Crippen molar-refractivity contribution >= 4 is 46.0 Å². The normalized spacial score (nSPS) is 15.7. The van der Waals surface area contributed by atoms with Gasteiger partial charge < -0.3 is 9.88 Å².